The van der Waals surface area contributed by atoms with Crippen LogP contribution in [0.25, 0.3) is 0 Å². The zero-order chi connectivity index (χ0) is 15.1. The molecule has 19 heavy (non-hydrogen) atoms. The second-order valence-corrected chi connectivity index (χ2v) is 12.7. The van der Waals surface area contributed by atoms with Gasteiger partial charge in [-0.1, -0.05) is 82.5 Å². The average molecular weight is 396 g/mol. The molecule has 0 aromatic carbocycles. The maximum atomic E-state index is 6.54. The summed E-state index contributed by atoms with van der Waals surface area (Å²) in [5.41, 5.74) is 0. The van der Waals surface area contributed by atoms with Gasteiger partial charge in [-0.2, -0.15) is 0 Å². The van der Waals surface area contributed by atoms with Gasteiger partial charge in [0.15, 0.2) is 8.32 Å². The third-order valence-corrected chi connectivity index (χ3v) is 9.14. The van der Waals surface area contributed by atoms with Gasteiger partial charge in [0.05, 0.1) is 6.10 Å². The van der Waals surface area contributed by atoms with Crippen molar-refractivity contribution in [1.29, 1.82) is 0 Å². The van der Waals surface area contributed by atoms with Gasteiger partial charge in [-0.05, 0) is 34.6 Å². The Kier molecular flexibility index (Phi) is 9.13. The molecule has 0 unspecified atom stereocenters. The molecular formula is C16H33IOSi. The molecule has 0 radical (unpaired) electrons. The second kappa shape index (κ2) is 8.83. The minimum atomic E-state index is -1.66. The zero-order valence-electron chi connectivity index (χ0n) is 13.9. The minimum Gasteiger partial charge on any atom is -0.411 e. The van der Waals surface area contributed by atoms with Gasteiger partial charge in [0, 0.05) is 0 Å². The molecule has 1 nitrogen and oxygen atoms in total. The van der Waals surface area contributed by atoms with Crippen LogP contribution >= 0.6 is 22.6 Å². The van der Waals surface area contributed by atoms with E-state index >= 15 is 0 Å². The van der Waals surface area contributed by atoms with Gasteiger partial charge in [-0.15, -0.1) is 0 Å². The predicted octanol–water partition coefficient (Wildman–Crippen LogP) is 6.54. The lowest BCUT2D eigenvalue weighted by Crippen LogP contribution is -2.43. The quantitative estimate of drug-likeness (QED) is 0.334. The molecule has 2 atom stereocenters. The van der Waals surface area contributed by atoms with E-state index in [1.165, 1.54) is 19.3 Å². The Morgan fingerprint density at radius 1 is 1.26 bits per heavy atom. The Bertz CT molecular complexity index is 268. The van der Waals surface area contributed by atoms with Crippen LogP contribution in [0.2, 0.25) is 18.1 Å². The Balaban J connectivity index is 4.58. The summed E-state index contributed by atoms with van der Waals surface area (Å²) in [6, 6.07) is 0. The van der Waals surface area contributed by atoms with E-state index < -0.39 is 8.32 Å². The smallest absolute Gasteiger partial charge is 0.192 e. The molecule has 0 N–H and O–H groups in total. The molecule has 0 bridgehead atoms. The second-order valence-electron chi connectivity index (χ2n) is 7.22. The highest BCUT2D eigenvalue weighted by atomic mass is 127. The van der Waals surface area contributed by atoms with Gasteiger partial charge in [-0.3, -0.25) is 0 Å². The summed E-state index contributed by atoms with van der Waals surface area (Å²) in [6.07, 6.45) is 7.64. The SMILES string of the molecule is CCCC[C@@H](C)C[C@@H](C=CI)O[Si](C)(C)C(C)(C)C. The summed E-state index contributed by atoms with van der Waals surface area (Å²) in [4.78, 5) is 0. The first-order chi connectivity index (χ1) is 8.64. The van der Waals surface area contributed by atoms with E-state index in [9.17, 15) is 0 Å². The summed E-state index contributed by atoms with van der Waals surface area (Å²) < 4.78 is 8.65. The largest absolute Gasteiger partial charge is 0.411 e. The highest BCUT2D eigenvalue weighted by Gasteiger charge is 2.38. The Morgan fingerprint density at radius 3 is 2.26 bits per heavy atom. The van der Waals surface area contributed by atoms with Gasteiger partial charge in [0.2, 0.25) is 0 Å². The molecular weight excluding hydrogens is 363 g/mol. The summed E-state index contributed by atoms with van der Waals surface area (Å²) in [7, 11) is -1.66. The fraction of sp³-hybridized carbons (Fsp3) is 0.875. The molecule has 114 valence electrons. The van der Waals surface area contributed by atoms with Crippen molar-refractivity contribution in [2.24, 2.45) is 5.92 Å². The summed E-state index contributed by atoms with van der Waals surface area (Å²) in [5, 5.41) is 0.289. The van der Waals surface area contributed by atoms with Crippen LogP contribution in [0, 0.1) is 5.92 Å². The number of rotatable bonds is 8. The van der Waals surface area contributed by atoms with E-state index in [-0.39, 0.29) is 5.04 Å². The van der Waals surface area contributed by atoms with Crippen molar-refractivity contribution >= 4 is 30.9 Å². The van der Waals surface area contributed by atoms with Gasteiger partial charge >= 0.3 is 0 Å². The van der Waals surface area contributed by atoms with Crippen molar-refractivity contribution in [2.45, 2.75) is 84.5 Å². The zero-order valence-corrected chi connectivity index (χ0v) is 17.1. The van der Waals surface area contributed by atoms with Crippen molar-refractivity contribution in [3.63, 3.8) is 0 Å². The van der Waals surface area contributed by atoms with Crippen molar-refractivity contribution in [2.75, 3.05) is 0 Å². The maximum Gasteiger partial charge on any atom is 0.192 e. The van der Waals surface area contributed by atoms with Gasteiger partial charge in [-0.25, -0.2) is 0 Å². The normalized spacial score (nSPS) is 16.8. The lowest BCUT2D eigenvalue weighted by atomic mass is 9.98. The molecule has 0 heterocycles. The Labute approximate surface area is 135 Å². The first-order valence-electron chi connectivity index (χ1n) is 7.58. The molecule has 0 saturated heterocycles. The number of unbranched alkanes of at least 4 members (excludes halogenated alkanes) is 1. The molecule has 3 heteroatoms. The maximum absolute atomic E-state index is 6.54. The van der Waals surface area contributed by atoms with Crippen molar-refractivity contribution in [3.05, 3.63) is 10.2 Å². The average Bonchev–Trinajstić information content (AvgIpc) is 2.24. The predicted molar refractivity (Wildman–Crippen MR) is 98.5 cm³/mol. The standard InChI is InChI=1S/C16H33IOSi/c1-8-9-10-14(2)13-15(11-12-17)18-19(6,7)16(3,4)5/h11-12,14-15H,8-10,13H2,1-7H3/t14-,15-/m1/s1. The molecule has 0 aliphatic rings. The lowest BCUT2D eigenvalue weighted by Gasteiger charge is -2.39. The highest BCUT2D eigenvalue weighted by Crippen LogP contribution is 2.38. The number of hydrogen-bond acceptors (Lipinski definition) is 1. The molecule has 0 fully saturated rings. The van der Waals surface area contributed by atoms with Crippen LogP contribution in [0.15, 0.2) is 10.2 Å². The molecule has 0 aliphatic carbocycles. The van der Waals surface area contributed by atoms with Gasteiger partial charge in [0.25, 0.3) is 0 Å². The Morgan fingerprint density at radius 2 is 1.84 bits per heavy atom. The van der Waals surface area contributed by atoms with Crippen LogP contribution in [0.5, 0.6) is 0 Å². The molecule has 0 aromatic heterocycles. The van der Waals surface area contributed by atoms with Crippen LogP contribution in [-0.4, -0.2) is 14.4 Å². The van der Waals surface area contributed by atoms with Crippen molar-refractivity contribution < 1.29 is 4.43 Å². The Hall–Kier alpha value is 0.647. The fourth-order valence-corrected chi connectivity index (χ4v) is 3.62. The molecule has 0 aliphatic heterocycles. The van der Waals surface area contributed by atoms with E-state index in [1.54, 1.807) is 0 Å². The lowest BCUT2D eigenvalue weighted by molar-refractivity contribution is 0.191. The topological polar surface area (TPSA) is 9.23 Å². The van der Waals surface area contributed by atoms with E-state index in [0.717, 1.165) is 12.3 Å². The van der Waals surface area contributed by atoms with E-state index in [1.807, 2.05) is 0 Å². The first kappa shape index (κ1) is 19.6. The minimum absolute atomic E-state index is 0.289. The van der Waals surface area contributed by atoms with Gasteiger partial charge < -0.3 is 4.43 Å². The van der Waals surface area contributed by atoms with Crippen LogP contribution < -0.4 is 0 Å². The van der Waals surface area contributed by atoms with E-state index in [2.05, 4.69) is 80.5 Å². The van der Waals surface area contributed by atoms with Crippen molar-refractivity contribution in [3.8, 4) is 0 Å². The monoisotopic (exact) mass is 396 g/mol. The van der Waals surface area contributed by atoms with E-state index in [0.29, 0.717) is 6.10 Å². The molecule has 0 saturated carbocycles. The number of halogens is 1. The fourth-order valence-electron chi connectivity index (χ4n) is 1.87. The first-order valence-corrected chi connectivity index (χ1v) is 11.7. The van der Waals surface area contributed by atoms with Crippen LogP contribution in [0.3, 0.4) is 0 Å². The summed E-state index contributed by atoms with van der Waals surface area (Å²) in [5.74, 6) is 0.752. The molecule has 0 amide bonds. The highest BCUT2D eigenvalue weighted by molar-refractivity contribution is 14.1. The number of hydrogen-bond donors (Lipinski definition) is 0. The molecule has 0 rings (SSSR count). The van der Waals surface area contributed by atoms with Crippen molar-refractivity contribution in [1.82, 2.24) is 0 Å². The van der Waals surface area contributed by atoms with Crippen LogP contribution in [0.1, 0.15) is 60.3 Å². The molecule has 0 spiro atoms. The van der Waals surface area contributed by atoms with Gasteiger partial charge in [0.1, 0.15) is 0 Å². The summed E-state index contributed by atoms with van der Waals surface area (Å²) in [6.45, 7) is 16.2. The van der Waals surface area contributed by atoms with E-state index in [4.69, 9.17) is 4.43 Å². The van der Waals surface area contributed by atoms with Crippen LogP contribution in [0.4, 0.5) is 0 Å². The third-order valence-electron chi connectivity index (χ3n) is 4.22. The molecule has 0 aromatic rings. The summed E-state index contributed by atoms with van der Waals surface area (Å²) >= 11 is 2.31. The van der Waals surface area contributed by atoms with Crippen LogP contribution in [-0.2, 0) is 4.43 Å². The third kappa shape index (κ3) is 7.86.